The van der Waals surface area contributed by atoms with Crippen LogP contribution in [-0.4, -0.2) is 46.9 Å². The molecular formula is C12H19N3O4. The van der Waals surface area contributed by atoms with Crippen molar-refractivity contribution in [1.82, 2.24) is 14.9 Å². The number of rotatable bonds is 5. The van der Waals surface area contributed by atoms with E-state index in [1.54, 1.807) is 20.8 Å². The van der Waals surface area contributed by atoms with E-state index in [9.17, 15) is 9.59 Å². The SMILES string of the molecule is CC(C)(C)OC(=O)CNCCOC(=O)n1ccnc1. The molecule has 7 heteroatoms. The van der Waals surface area contributed by atoms with Crippen LogP contribution in [0.25, 0.3) is 0 Å². The number of esters is 1. The van der Waals surface area contributed by atoms with E-state index in [2.05, 4.69) is 10.3 Å². The standard InChI is InChI=1S/C12H19N3O4/c1-12(2,3)19-10(16)8-13-5-7-18-11(17)15-6-4-14-9-15/h4,6,9,13H,5,7-8H2,1-3H3. The van der Waals surface area contributed by atoms with E-state index < -0.39 is 11.7 Å². The van der Waals surface area contributed by atoms with Crippen molar-refractivity contribution in [3.05, 3.63) is 18.7 Å². The zero-order valence-corrected chi connectivity index (χ0v) is 11.4. The molecule has 0 radical (unpaired) electrons. The van der Waals surface area contributed by atoms with Crippen molar-refractivity contribution in [3.8, 4) is 0 Å². The lowest BCUT2D eigenvalue weighted by Gasteiger charge is -2.19. The average Bonchev–Trinajstić information content (AvgIpc) is 2.79. The molecule has 0 aliphatic rings. The molecule has 1 aromatic heterocycles. The summed E-state index contributed by atoms with van der Waals surface area (Å²) in [6.45, 7) is 6.03. The van der Waals surface area contributed by atoms with Gasteiger partial charge in [0.1, 0.15) is 18.5 Å². The van der Waals surface area contributed by atoms with Crippen LogP contribution >= 0.6 is 0 Å². The molecule has 106 valence electrons. The quantitative estimate of drug-likeness (QED) is 0.629. The van der Waals surface area contributed by atoms with Crippen LogP contribution in [0.1, 0.15) is 20.8 Å². The Morgan fingerprint density at radius 3 is 2.68 bits per heavy atom. The average molecular weight is 269 g/mol. The van der Waals surface area contributed by atoms with Gasteiger partial charge in [0.05, 0.1) is 6.54 Å². The Morgan fingerprint density at radius 1 is 1.37 bits per heavy atom. The minimum absolute atomic E-state index is 0.0832. The molecule has 0 amide bonds. The summed E-state index contributed by atoms with van der Waals surface area (Å²) in [5, 5.41) is 2.83. The highest BCUT2D eigenvalue weighted by Gasteiger charge is 2.15. The molecule has 0 aliphatic carbocycles. The highest BCUT2D eigenvalue weighted by Crippen LogP contribution is 2.05. The summed E-state index contributed by atoms with van der Waals surface area (Å²) >= 11 is 0. The Bertz CT molecular complexity index is 409. The number of nitrogens with one attached hydrogen (secondary N) is 1. The molecule has 1 N–H and O–H groups in total. The van der Waals surface area contributed by atoms with Crippen LogP contribution in [0.5, 0.6) is 0 Å². The van der Waals surface area contributed by atoms with Crippen molar-refractivity contribution < 1.29 is 19.1 Å². The lowest BCUT2D eigenvalue weighted by molar-refractivity contribution is -0.153. The van der Waals surface area contributed by atoms with Crippen LogP contribution in [0.2, 0.25) is 0 Å². The predicted molar refractivity (Wildman–Crippen MR) is 67.7 cm³/mol. The molecule has 19 heavy (non-hydrogen) atoms. The largest absolute Gasteiger partial charge is 0.459 e. The summed E-state index contributed by atoms with van der Waals surface area (Å²) in [5.74, 6) is -0.339. The molecule has 0 fully saturated rings. The number of nitrogens with zero attached hydrogens (tertiary/aromatic N) is 2. The number of hydrogen-bond acceptors (Lipinski definition) is 6. The van der Waals surface area contributed by atoms with Gasteiger partial charge in [-0.05, 0) is 20.8 Å². The van der Waals surface area contributed by atoms with Crippen LogP contribution in [-0.2, 0) is 14.3 Å². The number of carbonyl (C=O) groups is 2. The molecule has 1 heterocycles. The van der Waals surface area contributed by atoms with E-state index in [0.717, 1.165) is 0 Å². The Hall–Kier alpha value is -1.89. The first-order valence-corrected chi connectivity index (χ1v) is 5.96. The second-order valence-corrected chi connectivity index (χ2v) is 4.85. The van der Waals surface area contributed by atoms with E-state index in [1.165, 1.54) is 23.3 Å². The molecule has 0 spiro atoms. The lowest BCUT2D eigenvalue weighted by atomic mass is 10.2. The van der Waals surface area contributed by atoms with Crippen molar-refractivity contribution in [2.75, 3.05) is 19.7 Å². The van der Waals surface area contributed by atoms with Gasteiger partial charge in [-0.25, -0.2) is 14.3 Å². The van der Waals surface area contributed by atoms with E-state index in [0.29, 0.717) is 6.54 Å². The van der Waals surface area contributed by atoms with E-state index >= 15 is 0 Å². The summed E-state index contributed by atoms with van der Waals surface area (Å²) in [4.78, 5) is 26.4. The van der Waals surface area contributed by atoms with Gasteiger partial charge in [-0.3, -0.25) is 4.79 Å². The highest BCUT2D eigenvalue weighted by atomic mass is 16.6. The Kier molecular flexibility index (Phi) is 5.50. The monoisotopic (exact) mass is 269 g/mol. The number of carbonyl (C=O) groups excluding carboxylic acids is 2. The summed E-state index contributed by atoms with van der Waals surface area (Å²) in [6, 6.07) is 0. The summed E-state index contributed by atoms with van der Waals surface area (Å²) in [7, 11) is 0. The van der Waals surface area contributed by atoms with Crippen LogP contribution in [0.15, 0.2) is 18.7 Å². The van der Waals surface area contributed by atoms with Gasteiger partial charge in [-0.2, -0.15) is 0 Å². The first kappa shape index (κ1) is 15.2. The maximum Gasteiger partial charge on any atom is 0.419 e. The van der Waals surface area contributed by atoms with Crippen LogP contribution in [0.4, 0.5) is 4.79 Å². The first-order chi connectivity index (χ1) is 8.88. The second kappa shape index (κ2) is 6.89. The predicted octanol–water partition coefficient (Wildman–Crippen LogP) is 0.799. The topological polar surface area (TPSA) is 82.5 Å². The molecule has 0 saturated carbocycles. The normalized spacial score (nSPS) is 11.1. The molecule has 1 aromatic rings. The molecule has 0 bridgehead atoms. The molecule has 1 rings (SSSR count). The van der Waals surface area contributed by atoms with Gasteiger partial charge < -0.3 is 14.8 Å². The van der Waals surface area contributed by atoms with Crippen LogP contribution < -0.4 is 5.32 Å². The molecule has 0 aromatic carbocycles. The summed E-state index contributed by atoms with van der Waals surface area (Å²) < 4.78 is 11.3. The van der Waals surface area contributed by atoms with Gasteiger partial charge in [0, 0.05) is 18.9 Å². The number of imidazole rings is 1. The third-order valence-electron chi connectivity index (χ3n) is 1.91. The molecule has 0 saturated heterocycles. The fraction of sp³-hybridized carbons (Fsp3) is 0.583. The van der Waals surface area contributed by atoms with Crippen molar-refractivity contribution >= 4 is 12.1 Å². The first-order valence-electron chi connectivity index (χ1n) is 5.96. The number of ether oxygens (including phenoxy) is 2. The van der Waals surface area contributed by atoms with E-state index in [1.807, 2.05) is 0 Å². The van der Waals surface area contributed by atoms with E-state index in [4.69, 9.17) is 9.47 Å². The summed E-state index contributed by atoms with van der Waals surface area (Å²) in [6.07, 6.45) is 3.84. The molecule has 0 atom stereocenters. The molecule has 0 aliphatic heterocycles. The summed E-state index contributed by atoms with van der Waals surface area (Å²) in [5.41, 5.74) is -0.493. The van der Waals surface area contributed by atoms with Gasteiger partial charge in [-0.15, -0.1) is 0 Å². The van der Waals surface area contributed by atoms with Gasteiger partial charge in [0.25, 0.3) is 0 Å². The van der Waals surface area contributed by atoms with Crippen LogP contribution in [0, 0.1) is 0 Å². The minimum atomic E-state index is -0.503. The second-order valence-electron chi connectivity index (χ2n) is 4.85. The maximum absolute atomic E-state index is 11.4. The van der Waals surface area contributed by atoms with Crippen molar-refractivity contribution in [2.45, 2.75) is 26.4 Å². The minimum Gasteiger partial charge on any atom is -0.459 e. The van der Waals surface area contributed by atoms with Crippen molar-refractivity contribution in [3.63, 3.8) is 0 Å². The van der Waals surface area contributed by atoms with Crippen molar-refractivity contribution in [2.24, 2.45) is 0 Å². The highest BCUT2D eigenvalue weighted by molar-refractivity contribution is 5.72. The fourth-order valence-corrected chi connectivity index (χ4v) is 1.22. The van der Waals surface area contributed by atoms with Gasteiger partial charge in [0.15, 0.2) is 0 Å². The van der Waals surface area contributed by atoms with Gasteiger partial charge in [0.2, 0.25) is 0 Å². The van der Waals surface area contributed by atoms with Crippen molar-refractivity contribution in [1.29, 1.82) is 0 Å². The van der Waals surface area contributed by atoms with E-state index in [-0.39, 0.29) is 19.1 Å². The zero-order valence-electron chi connectivity index (χ0n) is 11.4. The van der Waals surface area contributed by atoms with Gasteiger partial charge in [-0.1, -0.05) is 0 Å². The smallest absolute Gasteiger partial charge is 0.419 e. The molecule has 0 unspecified atom stereocenters. The Labute approximate surface area is 111 Å². The third kappa shape index (κ3) is 6.56. The number of aromatic nitrogens is 2. The zero-order chi connectivity index (χ0) is 14.3. The molecular weight excluding hydrogens is 250 g/mol. The number of hydrogen-bond donors (Lipinski definition) is 1. The van der Waals surface area contributed by atoms with Gasteiger partial charge >= 0.3 is 12.1 Å². The molecule has 7 nitrogen and oxygen atoms in total. The Morgan fingerprint density at radius 2 is 2.11 bits per heavy atom. The van der Waals surface area contributed by atoms with Crippen LogP contribution in [0.3, 0.4) is 0 Å². The third-order valence-corrected chi connectivity index (χ3v) is 1.91. The Balaban J connectivity index is 2.09. The lowest BCUT2D eigenvalue weighted by Crippen LogP contribution is -2.33. The fourth-order valence-electron chi connectivity index (χ4n) is 1.22. The maximum atomic E-state index is 11.4.